The van der Waals surface area contributed by atoms with E-state index in [1.165, 1.54) is 0 Å². The summed E-state index contributed by atoms with van der Waals surface area (Å²) in [5.41, 5.74) is -2.74. The van der Waals surface area contributed by atoms with Crippen LogP contribution in [-0.2, 0) is 14.4 Å². The van der Waals surface area contributed by atoms with Gasteiger partial charge in [0.15, 0.2) is 5.60 Å². The van der Waals surface area contributed by atoms with Gasteiger partial charge in [-0.15, -0.1) is 0 Å². The van der Waals surface area contributed by atoms with Crippen LogP contribution in [0.5, 0.6) is 0 Å². The molecule has 0 bridgehead atoms. The Hall–Kier alpha value is 0.290. The molecule has 0 aromatic carbocycles. The molecule has 0 rings (SSSR count). The Kier molecular flexibility index (Phi) is 22.8. The maximum absolute atomic E-state index is 10.3. The molecular weight excluding hydrogens is 262 g/mol. The minimum absolute atomic E-state index is 0. The molecule has 0 saturated heterocycles. The van der Waals surface area contributed by atoms with Crippen molar-refractivity contribution in [2.24, 2.45) is 0 Å². The van der Waals surface area contributed by atoms with Gasteiger partial charge in [0.1, 0.15) is 0 Å². The zero-order valence-corrected chi connectivity index (χ0v) is 13.4. The topological polar surface area (TPSA) is 195 Å². The van der Waals surface area contributed by atoms with E-state index >= 15 is 0 Å². The molecule has 0 heterocycles. The van der Waals surface area contributed by atoms with E-state index in [0.717, 1.165) is 0 Å². The van der Waals surface area contributed by atoms with Crippen molar-refractivity contribution < 1.29 is 108 Å². The first-order valence-corrected chi connectivity index (χ1v) is 3.17. The fraction of sp³-hybridized carbons (Fsp3) is 0.500. The van der Waals surface area contributed by atoms with Crippen molar-refractivity contribution in [2.45, 2.75) is 18.4 Å². The minimum atomic E-state index is -2.74. The molecule has 0 aliphatic heterocycles. The minimum Gasteiger partial charge on any atom is -1.00 e. The van der Waals surface area contributed by atoms with Crippen LogP contribution in [0.4, 0.5) is 0 Å². The average molecular weight is 276 g/mol. The fourth-order valence-corrected chi connectivity index (χ4v) is 0.714. The van der Waals surface area contributed by atoms with Crippen LogP contribution in [0.15, 0.2) is 0 Å². The molecule has 0 aliphatic carbocycles. The number of carboxylic acids is 3. The van der Waals surface area contributed by atoms with Crippen LogP contribution < -0.4 is 59.1 Å². The maximum atomic E-state index is 10.3. The smallest absolute Gasteiger partial charge is 1.00 e. The molecule has 0 radical (unpaired) electrons. The molecular formula is C6H14Na2O9. The quantitative estimate of drug-likeness (QED) is 0.357. The van der Waals surface area contributed by atoms with Crippen molar-refractivity contribution in [1.29, 1.82) is 0 Å². The normalized spacial score (nSPS) is 8.29. The summed E-state index contributed by atoms with van der Waals surface area (Å²) in [5, 5.41) is 33.8. The molecule has 0 spiro atoms. The van der Waals surface area contributed by atoms with Gasteiger partial charge in [-0.25, -0.2) is 4.79 Å². The van der Waals surface area contributed by atoms with Gasteiger partial charge in [0, 0.05) is 0 Å². The van der Waals surface area contributed by atoms with Crippen molar-refractivity contribution in [1.82, 2.24) is 0 Å². The second-order valence-corrected chi connectivity index (χ2v) is 2.48. The van der Waals surface area contributed by atoms with Gasteiger partial charge in [-0.1, -0.05) is 0 Å². The van der Waals surface area contributed by atoms with Crippen LogP contribution in [0.2, 0.25) is 0 Å². The Labute approximate surface area is 143 Å². The number of rotatable bonds is 5. The van der Waals surface area contributed by atoms with Gasteiger partial charge >= 0.3 is 77.0 Å². The van der Waals surface area contributed by atoms with Crippen LogP contribution >= 0.6 is 0 Å². The van der Waals surface area contributed by atoms with Gasteiger partial charge < -0.3 is 34.2 Å². The summed E-state index contributed by atoms with van der Waals surface area (Å²) in [5.74, 6) is -5.02. The largest absolute Gasteiger partial charge is 1.00 e. The van der Waals surface area contributed by atoms with E-state index in [9.17, 15) is 14.4 Å². The summed E-state index contributed by atoms with van der Waals surface area (Å²) in [6.45, 7) is 0. The monoisotopic (exact) mass is 276 g/mol. The number of aliphatic hydroxyl groups is 1. The predicted molar refractivity (Wildman–Crippen MR) is 46.5 cm³/mol. The van der Waals surface area contributed by atoms with E-state index in [4.69, 9.17) is 20.4 Å². The van der Waals surface area contributed by atoms with Crippen LogP contribution in [0.25, 0.3) is 0 Å². The fourth-order valence-electron chi connectivity index (χ4n) is 0.714. The zero-order valence-electron chi connectivity index (χ0n) is 11.4. The van der Waals surface area contributed by atoms with Crippen molar-refractivity contribution in [2.75, 3.05) is 0 Å². The molecule has 0 aromatic rings. The summed E-state index contributed by atoms with van der Waals surface area (Å²) >= 11 is 0. The molecule has 11 heteroatoms. The van der Waals surface area contributed by atoms with Crippen molar-refractivity contribution >= 4 is 17.9 Å². The molecule has 0 unspecified atom stereocenters. The van der Waals surface area contributed by atoms with E-state index < -0.39 is 36.4 Å². The Bertz CT molecular complexity index is 247. The van der Waals surface area contributed by atoms with Gasteiger partial charge in [-0.3, -0.25) is 9.59 Å². The van der Waals surface area contributed by atoms with Gasteiger partial charge in [-0.2, -0.15) is 0 Å². The molecule has 0 aliphatic rings. The third kappa shape index (κ3) is 12.5. The molecule has 0 saturated carbocycles. The summed E-state index contributed by atoms with van der Waals surface area (Å²) in [6, 6.07) is 0. The van der Waals surface area contributed by atoms with Crippen LogP contribution in [0, 0.1) is 0 Å². The molecule has 0 atom stereocenters. The Balaban J connectivity index is -0.0000000480. The summed E-state index contributed by atoms with van der Waals surface area (Å²) in [6.07, 6.45) is -2.29. The number of aliphatic carboxylic acids is 3. The van der Waals surface area contributed by atoms with Gasteiger partial charge in [0.25, 0.3) is 0 Å². The summed E-state index contributed by atoms with van der Waals surface area (Å²) in [7, 11) is 0. The van der Waals surface area contributed by atoms with E-state index in [0.29, 0.717) is 0 Å². The second kappa shape index (κ2) is 12.7. The van der Waals surface area contributed by atoms with Gasteiger partial charge in [-0.05, 0) is 0 Å². The van der Waals surface area contributed by atoms with Crippen molar-refractivity contribution in [3.05, 3.63) is 0 Å². The SMILES string of the molecule is O.O.O=C(O)CC(O)(CC(=O)O)C(=O)O.[H-].[H-].[Na+].[Na+]. The first-order valence-electron chi connectivity index (χ1n) is 3.17. The molecule has 0 aromatic heterocycles. The van der Waals surface area contributed by atoms with Crippen LogP contribution in [0.3, 0.4) is 0 Å². The van der Waals surface area contributed by atoms with Crippen LogP contribution in [-0.4, -0.2) is 54.9 Å². The third-order valence-electron chi connectivity index (χ3n) is 1.29. The van der Waals surface area contributed by atoms with Gasteiger partial charge in [0.05, 0.1) is 12.8 Å². The molecule has 94 valence electrons. The molecule has 17 heavy (non-hydrogen) atoms. The maximum Gasteiger partial charge on any atom is 1.00 e. The Morgan fingerprint density at radius 2 is 1.12 bits per heavy atom. The number of hydrogen-bond donors (Lipinski definition) is 4. The molecule has 9 nitrogen and oxygen atoms in total. The van der Waals surface area contributed by atoms with Crippen molar-refractivity contribution in [3.8, 4) is 0 Å². The van der Waals surface area contributed by atoms with Crippen LogP contribution in [0.1, 0.15) is 15.7 Å². The van der Waals surface area contributed by atoms with Crippen molar-refractivity contribution in [3.63, 3.8) is 0 Å². The number of carbonyl (C=O) groups is 3. The van der Waals surface area contributed by atoms with E-state index in [-0.39, 0.29) is 72.9 Å². The average Bonchev–Trinajstić information content (AvgIpc) is 1.82. The predicted octanol–water partition coefficient (Wildman–Crippen LogP) is -8.66. The standard InChI is InChI=1S/C6H8O7.2Na.2H2O.2H/c7-3(8)1-6(13,5(11)12)2-4(9)10;;;;;;/h13H,1-2H2,(H,7,8)(H,9,10)(H,11,12);;;2*1H2;;/q;2*+1;;;2*-1. The first kappa shape index (κ1) is 30.4. The molecule has 0 fully saturated rings. The summed E-state index contributed by atoms with van der Waals surface area (Å²) in [4.78, 5) is 30.5. The van der Waals surface area contributed by atoms with E-state index in [1.54, 1.807) is 0 Å². The molecule has 8 N–H and O–H groups in total. The first-order chi connectivity index (χ1) is 5.78. The second-order valence-electron chi connectivity index (χ2n) is 2.48. The number of hydrogen-bond acceptors (Lipinski definition) is 4. The van der Waals surface area contributed by atoms with E-state index in [2.05, 4.69) is 0 Å². The third-order valence-corrected chi connectivity index (χ3v) is 1.29. The van der Waals surface area contributed by atoms with Gasteiger partial charge in [0.2, 0.25) is 0 Å². The zero-order chi connectivity index (χ0) is 10.6. The number of carboxylic acid groups (broad SMARTS) is 3. The van der Waals surface area contributed by atoms with E-state index in [1.807, 2.05) is 0 Å². The Morgan fingerprint density at radius 3 is 1.24 bits per heavy atom. The summed E-state index contributed by atoms with van der Waals surface area (Å²) < 4.78 is 0. The molecule has 0 amide bonds. The Morgan fingerprint density at radius 1 is 0.882 bits per heavy atom.